The molecule has 0 N–H and O–H groups in total. The summed E-state index contributed by atoms with van der Waals surface area (Å²) in [6.07, 6.45) is 7.48. The normalized spacial score (nSPS) is 26.4. The molecule has 5 rings (SSSR count). The van der Waals surface area contributed by atoms with E-state index >= 15 is 0 Å². The van der Waals surface area contributed by atoms with Crippen molar-refractivity contribution in [3.05, 3.63) is 70.5 Å². The van der Waals surface area contributed by atoms with Gasteiger partial charge in [0.1, 0.15) is 19.0 Å². The summed E-state index contributed by atoms with van der Waals surface area (Å²) in [5.74, 6) is 0.241. The number of ether oxygens (including phenoxy) is 3. The molecular formula is C23H25NO4. The second-order valence-corrected chi connectivity index (χ2v) is 7.66. The van der Waals surface area contributed by atoms with Crippen LogP contribution in [0.25, 0.3) is 0 Å². The molecule has 146 valence electrons. The highest BCUT2D eigenvalue weighted by Crippen LogP contribution is 2.41. The van der Waals surface area contributed by atoms with E-state index in [1.54, 1.807) is 0 Å². The summed E-state index contributed by atoms with van der Waals surface area (Å²) in [4.78, 5) is 14.4. The predicted octanol–water partition coefficient (Wildman–Crippen LogP) is 3.48. The van der Waals surface area contributed by atoms with Gasteiger partial charge in [0.2, 0.25) is 5.91 Å². The number of benzene rings is 1. The largest absolute Gasteiger partial charge is 0.376 e. The molecule has 0 radical (unpaired) electrons. The molecule has 0 spiro atoms. The van der Waals surface area contributed by atoms with Gasteiger partial charge in [-0.25, -0.2) is 0 Å². The van der Waals surface area contributed by atoms with Crippen LogP contribution in [0.2, 0.25) is 0 Å². The number of fused-ring (bicyclic) bond motifs is 3. The average molecular weight is 379 g/mol. The van der Waals surface area contributed by atoms with Gasteiger partial charge in [-0.05, 0) is 53.7 Å². The van der Waals surface area contributed by atoms with Crippen LogP contribution in [0.3, 0.4) is 0 Å². The summed E-state index contributed by atoms with van der Waals surface area (Å²) >= 11 is 0. The summed E-state index contributed by atoms with van der Waals surface area (Å²) < 4.78 is 17.4. The molecule has 0 aromatic heterocycles. The van der Waals surface area contributed by atoms with Crippen LogP contribution in [0.15, 0.2) is 64.9 Å². The van der Waals surface area contributed by atoms with Gasteiger partial charge in [0.15, 0.2) is 0 Å². The van der Waals surface area contributed by atoms with Gasteiger partial charge in [0, 0.05) is 18.7 Å². The lowest BCUT2D eigenvalue weighted by molar-refractivity contribution is -0.126. The molecule has 5 nitrogen and oxygen atoms in total. The third-order valence-electron chi connectivity index (χ3n) is 5.98. The molecule has 4 aliphatic rings. The topological polar surface area (TPSA) is 48.0 Å². The number of carbonyl (C=O) groups is 1. The van der Waals surface area contributed by atoms with E-state index in [2.05, 4.69) is 24.3 Å². The zero-order valence-electron chi connectivity index (χ0n) is 15.9. The van der Waals surface area contributed by atoms with Gasteiger partial charge in [-0.2, -0.15) is 0 Å². The van der Waals surface area contributed by atoms with Gasteiger partial charge in [0.05, 0.1) is 13.2 Å². The highest BCUT2D eigenvalue weighted by molar-refractivity contribution is 5.82. The van der Waals surface area contributed by atoms with Crippen molar-refractivity contribution in [3.8, 4) is 0 Å². The van der Waals surface area contributed by atoms with Crippen LogP contribution in [0.4, 0.5) is 0 Å². The molecule has 0 bridgehead atoms. The third-order valence-corrected chi connectivity index (χ3v) is 5.98. The maximum atomic E-state index is 12.4. The molecule has 5 heteroatoms. The molecule has 28 heavy (non-hydrogen) atoms. The van der Waals surface area contributed by atoms with Gasteiger partial charge in [-0.3, -0.25) is 4.79 Å². The molecule has 2 fully saturated rings. The molecule has 1 amide bonds. The second kappa shape index (κ2) is 7.66. The Kier molecular flexibility index (Phi) is 4.89. The van der Waals surface area contributed by atoms with Crippen LogP contribution in [-0.4, -0.2) is 43.0 Å². The Morgan fingerprint density at radius 3 is 2.71 bits per heavy atom. The Morgan fingerprint density at radius 1 is 1.04 bits per heavy atom. The molecule has 0 saturated carbocycles. The van der Waals surface area contributed by atoms with Crippen molar-refractivity contribution in [1.82, 2.24) is 4.90 Å². The Bertz CT molecular complexity index is 855. The maximum Gasteiger partial charge on any atom is 0.227 e. The monoisotopic (exact) mass is 379 g/mol. The highest BCUT2D eigenvalue weighted by atomic mass is 16.7. The predicted molar refractivity (Wildman–Crippen MR) is 104 cm³/mol. The molecule has 1 aromatic carbocycles. The van der Waals surface area contributed by atoms with E-state index < -0.39 is 0 Å². The Labute approximate surface area is 165 Å². The lowest BCUT2D eigenvalue weighted by Crippen LogP contribution is -2.24. The number of hydrogen-bond donors (Lipinski definition) is 0. The van der Waals surface area contributed by atoms with Crippen molar-refractivity contribution in [1.29, 1.82) is 0 Å². The van der Waals surface area contributed by atoms with Gasteiger partial charge >= 0.3 is 0 Å². The zero-order valence-corrected chi connectivity index (χ0v) is 15.9. The van der Waals surface area contributed by atoms with Crippen molar-refractivity contribution in [3.63, 3.8) is 0 Å². The van der Waals surface area contributed by atoms with E-state index in [9.17, 15) is 4.79 Å². The minimum Gasteiger partial charge on any atom is -0.376 e. The Morgan fingerprint density at radius 2 is 1.86 bits per heavy atom. The van der Waals surface area contributed by atoms with Crippen LogP contribution < -0.4 is 0 Å². The minimum atomic E-state index is -0.0248. The first-order valence-electron chi connectivity index (χ1n) is 10.1. The number of rotatable bonds is 5. The lowest BCUT2D eigenvalue weighted by atomic mass is 9.86. The van der Waals surface area contributed by atoms with Crippen molar-refractivity contribution < 1.29 is 19.0 Å². The second-order valence-electron chi connectivity index (χ2n) is 7.66. The number of hydrogen-bond acceptors (Lipinski definition) is 4. The summed E-state index contributed by atoms with van der Waals surface area (Å²) in [6, 6.07) is 10.2. The number of allylic oxidation sites excluding steroid dienone is 2. The van der Waals surface area contributed by atoms with E-state index in [-0.39, 0.29) is 18.1 Å². The zero-order chi connectivity index (χ0) is 18.9. The van der Waals surface area contributed by atoms with E-state index in [0.29, 0.717) is 26.4 Å². The first-order valence-corrected chi connectivity index (χ1v) is 10.1. The van der Waals surface area contributed by atoms with Gasteiger partial charge in [-0.15, -0.1) is 0 Å². The van der Waals surface area contributed by atoms with Gasteiger partial charge in [-0.1, -0.05) is 30.3 Å². The Hall–Kier alpha value is -2.21. The van der Waals surface area contributed by atoms with Crippen molar-refractivity contribution in [2.24, 2.45) is 0 Å². The van der Waals surface area contributed by atoms with Crippen molar-refractivity contribution in [2.75, 3.05) is 19.9 Å². The molecule has 2 atom stereocenters. The van der Waals surface area contributed by atoms with Crippen molar-refractivity contribution in [2.45, 2.75) is 44.5 Å². The molecule has 2 unspecified atom stereocenters. The SMILES string of the molecule is O=C1CCC2=C(CCOCc3ccccc3)C3=CC4OCOC4C=C3CCN12. The van der Waals surface area contributed by atoms with Crippen LogP contribution >= 0.6 is 0 Å². The van der Waals surface area contributed by atoms with Crippen molar-refractivity contribution >= 4 is 5.91 Å². The number of carbonyl (C=O) groups excluding carboxylic acids is 1. The van der Waals surface area contributed by atoms with Crippen LogP contribution in [0.5, 0.6) is 0 Å². The fourth-order valence-electron chi connectivity index (χ4n) is 4.57. The molecule has 3 aliphatic heterocycles. The molecule has 1 aliphatic carbocycles. The summed E-state index contributed by atoms with van der Waals surface area (Å²) in [6.45, 7) is 2.34. The van der Waals surface area contributed by atoms with Crippen LogP contribution in [0, 0.1) is 0 Å². The average Bonchev–Trinajstić information content (AvgIpc) is 3.29. The van der Waals surface area contributed by atoms with E-state index in [0.717, 1.165) is 25.8 Å². The maximum absolute atomic E-state index is 12.4. The Balaban J connectivity index is 1.38. The van der Waals surface area contributed by atoms with E-state index in [4.69, 9.17) is 14.2 Å². The van der Waals surface area contributed by atoms with Crippen LogP contribution in [0.1, 0.15) is 31.2 Å². The first kappa shape index (κ1) is 17.9. The first-order chi connectivity index (χ1) is 13.8. The quantitative estimate of drug-likeness (QED) is 0.735. The minimum absolute atomic E-state index is 0.00275. The lowest BCUT2D eigenvalue weighted by Gasteiger charge is -2.23. The molecular weight excluding hydrogens is 354 g/mol. The summed E-state index contributed by atoms with van der Waals surface area (Å²) in [5, 5.41) is 0. The van der Waals surface area contributed by atoms with E-state index in [1.807, 2.05) is 23.1 Å². The standard InChI is InChI=1S/C23H25NO4/c25-23-7-6-20-18(9-11-26-14-16-4-2-1-3-5-16)19-13-22-21(27-15-28-22)12-17(19)8-10-24(20)23/h1-5,12-13,21-22H,6-11,14-15H2. The molecule has 3 heterocycles. The van der Waals surface area contributed by atoms with E-state index in [1.165, 1.54) is 28.0 Å². The number of nitrogens with zero attached hydrogens (tertiary/aromatic N) is 1. The molecule has 1 aromatic rings. The smallest absolute Gasteiger partial charge is 0.227 e. The number of amides is 1. The fourth-order valence-corrected chi connectivity index (χ4v) is 4.57. The molecule has 2 saturated heterocycles. The van der Waals surface area contributed by atoms with Gasteiger partial charge < -0.3 is 19.1 Å². The summed E-state index contributed by atoms with van der Waals surface area (Å²) in [5.41, 5.74) is 6.12. The third kappa shape index (κ3) is 3.34. The van der Waals surface area contributed by atoms with Crippen LogP contribution in [-0.2, 0) is 25.6 Å². The van der Waals surface area contributed by atoms with Gasteiger partial charge in [0.25, 0.3) is 0 Å². The fraction of sp³-hybridized carbons (Fsp3) is 0.435. The summed E-state index contributed by atoms with van der Waals surface area (Å²) in [7, 11) is 0. The highest BCUT2D eigenvalue weighted by Gasteiger charge is 2.37.